The molecule has 0 unspecified atom stereocenters. The van der Waals surface area contributed by atoms with E-state index < -0.39 is 0 Å². The summed E-state index contributed by atoms with van der Waals surface area (Å²) in [7, 11) is 0. The smallest absolute Gasteiger partial charge is 0.139 e. The molecule has 0 aromatic heterocycles. The van der Waals surface area contributed by atoms with E-state index in [1.807, 2.05) is 0 Å². The van der Waals surface area contributed by atoms with E-state index >= 15 is 0 Å². The molecule has 0 heterocycles. The van der Waals surface area contributed by atoms with E-state index in [9.17, 15) is 10.2 Å². The number of rotatable bonds is 1. The zero-order valence-corrected chi connectivity index (χ0v) is 9.51. The average molecular weight is 240 g/mol. The van der Waals surface area contributed by atoms with Gasteiger partial charge in [-0.2, -0.15) is 0 Å². The molecule has 0 aliphatic rings. The van der Waals surface area contributed by atoms with Crippen molar-refractivity contribution in [3.05, 3.63) is 35.9 Å². The van der Waals surface area contributed by atoms with Crippen molar-refractivity contribution in [1.29, 1.82) is 0 Å². The van der Waals surface area contributed by atoms with Gasteiger partial charge in [0, 0.05) is 0 Å². The number of phenolic OH excluding ortho intramolecular Hbond substituents is 2. The van der Waals surface area contributed by atoms with Crippen molar-refractivity contribution in [3.8, 4) is 35.0 Å². The van der Waals surface area contributed by atoms with Crippen LogP contribution in [0.25, 0.3) is 11.1 Å². The molecule has 0 radical (unpaired) electrons. The summed E-state index contributed by atoms with van der Waals surface area (Å²) < 4.78 is 0. The van der Waals surface area contributed by atoms with Gasteiger partial charge in [-0.05, 0) is 35.4 Å². The molecule has 2 rings (SSSR count). The van der Waals surface area contributed by atoms with Crippen LogP contribution in [0.1, 0.15) is 5.56 Å². The van der Waals surface area contributed by atoms with Crippen LogP contribution in [-0.2, 0) is 0 Å². The maximum Gasteiger partial charge on any atom is 0.139 e. The van der Waals surface area contributed by atoms with Gasteiger partial charge >= 0.3 is 0 Å². The van der Waals surface area contributed by atoms with Gasteiger partial charge in [-0.25, -0.2) is 0 Å². The van der Waals surface area contributed by atoms with Gasteiger partial charge in [-0.1, -0.05) is 12.0 Å². The lowest BCUT2D eigenvalue weighted by Gasteiger charge is -2.10. The average Bonchev–Trinajstić information content (AvgIpc) is 2.36. The van der Waals surface area contributed by atoms with E-state index in [2.05, 4.69) is 5.92 Å². The van der Waals surface area contributed by atoms with Crippen LogP contribution in [0.5, 0.6) is 11.5 Å². The predicted molar refractivity (Wildman–Crippen MR) is 72.0 cm³/mol. The Morgan fingerprint density at radius 2 is 1.67 bits per heavy atom. The lowest BCUT2D eigenvalue weighted by molar-refractivity contribution is 0.477. The van der Waals surface area contributed by atoms with Gasteiger partial charge in [0.2, 0.25) is 0 Å². The van der Waals surface area contributed by atoms with Crippen molar-refractivity contribution in [2.24, 2.45) is 0 Å². The SMILES string of the molecule is C#Cc1c(-c2ccc(O)c(N)c2)ccc(O)c1N. The number of terminal acetylenes is 1. The summed E-state index contributed by atoms with van der Waals surface area (Å²) in [6, 6.07) is 7.88. The number of hydrogen-bond acceptors (Lipinski definition) is 4. The van der Waals surface area contributed by atoms with Crippen molar-refractivity contribution in [3.63, 3.8) is 0 Å². The Morgan fingerprint density at radius 1 is 1.00 bits per heavy atom. The molecular weight excluding hydrogens is 228 g/mol. The fourth-order valence-electron chi connectivity index (χ4n) is 1.73. The normalized spacial score (nSPS) is 9.94. The third kappa shape index (κ3) is 1.78. The fraction of sp³-hybridized carbons (Fsp3) is 0. The minimum absolute atomic E-state index is 0.00718. The first kappa shape index (κ1) is 11.7. The standard InChI is InChI=1S/C14H12N2O2/c1-2-9-10(4-6-13(18)14(9)16)8-3-5-12(17)11(15)7-8/h1,3-7,17-18H,15-16H2. The Kier molecular flexibility index (Phi) is 2.74. The molecule has 0 saturated carbocycles. The molecule has 0 atom stereocenters. The molecule has 18 heavy (non-hydrogen) atoms. The molecule has 0 fully saturated rings. The summed E-state index contributed by atoms with van der Waals surface area (Å²) in [5.74, 6) is 2.40. The van der Waals surface area contributed by atoms with Gasteiger partial charge in [0.05, 0.1) is 16.9 Å². The minimum Gasteiger partial charge on any atom is -0.506 e. The van der Waals surface area contributed by atoms with E-state index in [0.717, 1.165) is 5.56 Å². The Hall–Kier alpha value is -2.80. The van der Waals surface area contributed by atoms with Crippen molar-refractivity contribution < 1.29 is 10.2 Å². The highest BCUT2D eigenvalue weighted by atomic mass is 16.3. The summed E-state index contributed by atoms with van der Waals surface area (Å²) in [4.78, 5) is 0. The van der Waals surface area contributed by atoms with Crippen molar-refractivity contribution >= 4 is 11.4 Å². The topological polar surface area (TPSA) is 92.5 Å². The van der Waals surface area contributed by atoms with Crippen LogP contribution in [-0.4, -0.2) is 10.2 Å². The number of nitrogen functional groups attached to an aromatic ring is 2. The van der Waals surface area contributed by atoms with Gasteiger partial charge in [0.1, 0.15) is 11.5 Å². The number of benzene rings is 2. The van der Waals surface area contributed by atoms with E-state index in [1.54, 1.807) is 18.2 Å². The third-order valence-corrected chi connectivity index (χ3v) is 2.71. The maximum absolute atomic E-state index is 9.52. The molecule has 4 heteroatoms. The quantitative estimate of drug-likeness (QED) is 0.348. The first-order chi connectivity index (χ1) is 8.54. The van der Waals surface area contributed by atoms with Crippen LogP contribution >= 0.6 is 0 Å². The number of phenols is 2. The molecule has 0 amide bonds. The van der Waals surface area contributed by atoms with Crippen molar-refractivity contribution in [2.75, 3.05) is 11.5 Å². The third-order valence-electron chi connectivity index (χ3n) is 2.71. The first-order valence-corrected chi connectivity index (χ1v) is 5.21. The largest absolute Gasteiger partial charge is 0.506 e. The molecule has 0 bridgehead atoms. The molecule has 0 aliphatic heterocycles. The van der Waals surface area contributed by atoms with Crippen LogP contribution in [0.15, 0.2) is 30.3 Å². The molecule has 4 nitrogen and oxygen atoms in total. The first-order valence-electron chi connectivity index (χ1n) is 5.21. The van der Waals surface area contributed by atoms with E-state index in [4.69, 9.17) is 17.9 Å². The molecule has 2 aromatic carbocycles. The highest BCUT2D eigenvalue weighted by Gasteiger charge is 2.11. The van der Waals surface area contributed by atoms with Gasteiger partial charge in [0.15, 0.2) is 0 Å². The highest BCUT2D eigenvalue weighted by molar-refractivity contribution is 5.82. The molecule has 90 valence electrons. The van der Waals surface area contributed by atoms with Crippen LogP contribution < -0.4 is 11.5 Å². The van der Waals surface area contributed by atoms with Crippen LogP contribution in [0, 0.1) is 12.3 Å². The lowest BCUT2D eigenvalue weighted by atomic mass is 9.97. The van der Waals surface area contributed by atoms with Crippen molar-refractivity contribution in [1.82, 2.24) is 0 Å². The van der Waals surface area contributed by atoms with E-state index in [0.29, 0.717) is 11.1 Å². The Bertz CT molecular complexity index is 658. The minimum atomic E-state index is -0.0570. The van der Waals surface area contributed by atoms with E-state index in [1.165, 1.54) is 12.1 Å². The molecule has 2 aromatic rings. The summed E-state index contributed by atoms with van der Waals surface area (Å²) in [6.45, 7) is 0. The Morgan fingerprint density at radius 3 is 2.28 bits per heavy atom. The van der Waals surface area contributed by atoms with Gasteiger partial charge < -0.3 is 21.7 Å². The second-order valence-corrected chi connectivity index (χ2v) is 3.84. The highest BCUT2D eigenvalue weighted by Crippen LogP contribution is 2.35. The van der Waals surface area contributed by atoms with Gasteiger partial charge in [-0.3, -0.25) is 0 Å². The summed E-state index contributed by atoms with van der Waals surface area (Å²) in [6.07, 6.45) is 5.40. The fourth-order valence-corrected chi connectivity index (χ4v) is 1.73. The Labute approximate surface area is 104 Å². The van der Waals surface area contributed by atoms with Crippen LogP contribution in [0.3, 0.4) is 0 Å². The van der Waals surface area contributed by atoms with Crippen LogP contribution in [0.2, 0.25) is 0 Å². The summed E-state index contributed by atoms with van der Waals surface area (Å²) in [5, 5.41) is 18.9. The summed E-state index contributed by atoms with van der Waals surface area (Å²) >= 11 is 0. The monoisotopic (exact) mass is 240 g/mol. The second kappa shape index (κ2) is 4.22. The lowest BCUT2D eigenvalue weighted by Crippen LogP contribution is -1.95. The maximum atomic E-state index is 9.52. The van der Waals surface area contributed by atoms with Crippen LogP contribution in [0.4, 0.5) is 11.4 Å². The number of anilines is 2. The second-order valence-electron chi connectivity index (χ2n) is 3.84. The Balaban J connectivity index is 2.68. The zero-order chi connectivity index (χ0) is 13.3. The van der Waals surface area contributed by atoms with Gasteiger partial charge in [-0.15, -0.1) is 6.42 Å². The number of aromatic hydroxyl groups is 2. The molecule has 0 aliphatic carbocycles. The molecule has 0 saturated heterocycles. The molecule has 6 N–H and O–H groups in total. The van der Waals surface area contributed by atoms with Crippen molar-refractivity contribution in [2.45, 2.75) is 0 Å². The number of hydrogen-bond donors (Lipinski definition) is 4. The molecule has 0 spiro atoms. The molecular formula is C14H12N2O2. The van der Waals surface area contributed by atoms with Gasteiger partial charge in [0.25, 0.3) is 0 Å². The zero-order valence-electron chi connectivity index (χ0n) is 9.51. The summed E-state index contributed by atoms with van der Waals surface area (Å²) in [5.41, 5.74) is 13.6. The predicted octanol–water partition coefficient (Wildman–Crippen LogP) is 1.91. The number of nitrogens with two attached hydrogens (primary N) is 2. The van der Waals surface area contributed by atoms with E-state index in [-0.39, 0.29) is 22.9 Å².